The van der Waals surface area contributed by atoms with Crippen LogP contribution in [0.4, 0.5) is 0 Å². The van der Waals surface area contributed by atoms with Crippen LogP contribution in [0.3, 0.4) is 0 Å². The predicted octanol–water partition coefficient (Wildman–Crippen LogP) is 2.07. The van der Waals surface area contributed by atoms with Gasteiger partial charge in [-0.05, 0) is 30.5 Å². The average molecular weight is 318 g/mol. The standard InChI is InChI=1S/C13H16ClNO4S/c1-9-5-10(13(16)17)8-15(7-9)20(18,19)12-4-2-3-11(14)6-12/h2-4,6,9-10H,5,7-8H2,1H3,(H,16,17). The molecule has 0 radical (unpaired) electrons. The number of hydrogen-bond acceptors (Lipinski definition) is 3. The van der Waals surface area contributed by atoms with E-state index in [2.05, 4.69) is 0 Å². The average Bonchev–Trinajstić information content (AvgIpc) is 2.38. The zero-order valence-corrected chi connectivity index (χ0v) is 12.6. The maximum atomic E-state index is 12.5. The molecule has 0 bridgehead atoms. The summed E-state index contributed by atoms with van der Waals surface area (Å²) >= 11 is 5.82. The molecule has 1 aliphatic rings. The van der Waals surface area contributed by atoms with Crippen LogP contribution in [0.25, 0.3) is 0 Å². The molecule has 7 heteroatoms. The SMILES string of the molecule is CC1CC(C(=O)O)CN(S(=O)(=O)c2cccc(Cl)c2)C1. The summed E-state index contributed by atoms with van der Waals surface area (Å²) < 4.78 is 26.3. The van der Waals surface area contributed by atoms with E-state index in [4.69, 9.17) is 16.7 Å². The highest BCUT2D eigenvalue weighted by atomic mass is 35.5. The topological polar surface area (TPSA) is 74.7 Å². The van der Waals surface area contributed by atoms with Crippen LogP contribution in [0.1, 0.15) is 13.3 Å². The molecule has 110 valence electrons. The molecule has 0 saturated carbocycles. The van der Waals surface area contributed by atoms with Crippen molar-refractivity contribution in [3.63, 3.8) is 0 Å². The van der Waals surface area contributed by atoms with Crippen molar-refractivity contribution in [2.75, 3.05) is 13.1 Å². The molecule has 1 saturated heterocycles. The maximum absolute atomic E-state index is 12.5. The quantitative estimate of drug-likeness (QED) is 0.926. The fraction of sp³-hybridized carbons (Fsp3) is 0.462. The Labute approximate surface area is 123 Å². The van der Waals surface area contributed by atoms with Crippen molar-refractivity contribution in [1.82, 2.24) is 4.31 Å². The first-order valence-corrected chi connectivity index (χ1v) is 8.11. The molecule has 1 fully saturated rings. The molecule has 2 atom stereocenters. The highest BCUT2D eigenvalue weighted by Gasteiger charge is 2.36. The first kappa shape index (κ1) is 15.3. The van der Waals surface area contributed by atoms with Crippen molar-refractivity contribution in [2.45, 2.75) is 18.2 Å². The molecular formula is C13H16ClNO4S. The normalized spacial score (nSPS) is 24.5. The number of carbonyl (C=O) groups is 1. The number of sulfonamides is 1. The molecule has 0 spiro atoms. The molecule has 2 rings (SSSR count). The minimum Gasteiger partial charge on any atom is -0.481 e. The third-order valence-corrected chi connectivity index (χ3v) is 5.47. The minimum atomic E-state index is -3.70. The van der Waals surface area contributed by atoms with E-state index in [0.717, 1.165) is 0 Å². The number of halogens is 1. The van der Waals surface area contributed by atoms with Crippen LogP contribution in [0, 0.1) is 11.8 Å². The van der Waals surface area contributed by atoms with E-state index in [-0.39, 0.29) is 17.4 Å². The molecule has 1 aliphatic heterocycles. The fourth-order valence-corrected chi connectivity index (χ4v) is 4.36. The Morgan fingerprint density at radius 2 is 2.10 bits per heavy atom. The van der Waals surface area contributed by atoms with Gasteiger partial charge in [0.05, 0.1) is 10.8 Å². The largest absolute Gasteiger partial charge is 0.481 e. The lowest BCUT2D eigenvalue weighted by Gasteiger charge is -2.33. The lowest BCUT2D eigenvalue weighted by atomic mass is 9.92. The zero-order chi connectivity index (χ0) is 14.9. The van der Waals surface area contributed by atoms with Gasteiger partial charge in [0.25, 0.3) is 0 Å². The summed E-state index contributed by atoms with van der Waals surface area (Å²) in [6, 6.07) is 6.01. The lowest BCUT2D eigenvalue weighted by Crippen LogP contribution is -2.45. The van der Waals surface area contributed by atoms with Crippen molar-refractivity contribution in [3.05, 3.63) is 29.3 Å². The van der Waals surface area contributed by atoms with E-state index in [0.29, 0.717) is 18.0 Å². The molecule has 20 heavy (non-hydrogen) atoms. The second-order valence-corrected chi connectivity index (χ2v) is 7.53. The van der Waals surface area contributed by atoms with Gasteiger partial charge in [0.2, 0.25) is 10.0 Å². The van der Waals surface area contributed by atoms with Crippen molar-refractivity contribution in [3.8, 4) is 0 Å². The first-order valence-electron chi connectivity index (χ1n) is 6.29. The summed E-state index contributed by atoms with van der Waals surface area (Å²) in [4.78, 5) is 11.2. The smallest absolute Gasteiger partial charge is 0.307 e. The molecule has 1 heterocycles. The summed E-state index contributed by atoms with van der Waals surface area (Å²) in [6.45, 7) is 2.20. The second-order valence-electron chi connectivity index (χ2n) is 5.16. The Morgan fingerprint density at radius 3 is 2.70 bits per heavy atom. The molecule has 1 aromatic carbocycles. The van der Waals surface area contributed by atoms with Gasteiger partial charge in [0.1, 0.15) is 0 Å². The van der Waals surface area contributed by atoms with Crippen LogP contribution in [-0.4, -0.2) is 36.9 Å². The Morgan fingerprint density at radius 1 is 1.40 bits per heavy atom. The third kappa shape index (κ3) is 3.13. The zero-order valence-electron chi connectivity index (χ0n) is 11.0. The maximum Gasteiger partial charge on any atom is 0.307 e. The van der Waals surface area contributed by atoms with E-state index in [1.165, 1.54) is 16.4 Å². The van der Waals surface area contributed by atoms with Gasteiger partial charge in [-0.3, -0.25) is 4.79 Å². The molecular weight excluding hydrogens is 302 g/mol. The van der Waals surface area contributed by atoms with Gasteiger partial charge in [-0.2, -0.15) is 4.31 Å². The van der Waals surface area contributed by atoms with Crippen LogP contribution in [0.5, 0.6) is 0 Å². The van der Waals surface area contributed by atoms with Gasteiger partial charge in [-0.25, -0.2) is 8.42 Å². The fourth-order valence-electron chi connectivity index (χ4n) is 2.45. The summed E-state index contributed by atoms with van der Waals surface area (Å²) in [5, 5.41) is 9.45. The minimum absolute atomic E-state index is 0.00845. The number of rotatable bonds is 3. The highest BCUT2D eigenvalue weighted by molar-refractivity contribution is 7.89. The summed E-state index contributed by atoms with van der Waals surface area (Å²) in [7, 11) is -3.70. The van der Waals surface area contributed by atoms with E-state index in [9.17, 15) is 13.2 Å². The Kier molecular flexibility index (Phi) is 4.36. The molecule has 1 aromatic rings. The first-order chi connectivity index (χ1) is 9.30. The van der Waals surface area contributed by atoms with Crippen molar-refractivity contribution in [2.24, 2.45) is 11.8 Å². The van der Waals surface area contributed by atoms with E-state index >= 15 is 0 Å². The van der Waals surface area contributed by atoms with Gasteiger partial charge in [-0.15, -0.1) is 0 Å². The van der Waals surface area contributed by atoms with Gasteiger partial charge >= 0.3 is 5.97 Å². The van der Waals surface area contributed by atoms with Crippen molar-refractivity contribution < 1.29 is 18.3 Å². The Balaban J connectivity index is 2.31. The van der Waals surface area contributed by atoms with Crippen LogP contribution >= 0.6 is 11.6 Å². The second kappa shape index (κ2) is 5.71. The van der Waals surface area contributed by atoms with E-state index in [1.54, 1.807) is 12.1 Å². The molecule has 0 aromatic heterocycles. The third-order valence-electron chi connectivity index (χ3n) is 3.41. The number of piperidine rings is 1. The van der Waals surface area contributed by atoms with Gasteiger partial charge in [0, 0.05) is 18.1 Å². The van der Waals surface area contributed by atoms with Crippen LogP contribution in [0.15, 0.2) is 29.2 Å². The van der Waals surface area contributed by atoms with Gasteiger partial charge < -0.3 is 5.11 Å². The summed E-state index contributed by atoms with van der Waals surface area (Å²) in [5.41, 5.74) is 0. The van der Waals surface area contributed by atoms with Crippen molar-refractivity contribution in [1.29, 1.82) is 0 Å². The summed E-state index contributed by atoms with van der Waals surface area (Å²) in [5.74, 6) is -1.60. The number of nitrogens with zero attached hydrogens (tertiary/aromatic N) is 1. The summed E-state index contributed by atoms with van der Waals surface area (Å²) in [6.07, 6.45) is 0.497. The molecule has 0 aliphatic carbocycles. The molecule has 2 unspecified atom stereocenters. The number of benzene rings is 1. The Bertz CT molecular complexity index is 617. The Hall–Kier alpha value is -1.11. The van der Waals surface area contributed by atoms with E-state index in [1.807, 2.05) is 6.92 Å². The number of carboxylic acids is 1. The van der Waals surface area contributed by atoms with Crippen LogP contribution < -0.4 is 0 Å². The number of hydrogen-bond donors (Lipinski definition) is 1. The van der Waals surface area contributed by atoms with Gasteiger partial charge in [0.15, 0.2) is 0 Å². The monoisotopic (exact) mass is 317 g/mol. The number of aliphatic carboxylic acids is 1. The van der Waals surface area contributed by atoms with Crippen molar-refractivity contribution >= 4 is 27.6 Å². The molecule has 0 amide bonds. The van der Waals surface area contributed by atoms with Crippen LogP contribution in [0.2, 0.25) is 5.02 Å². The van der Waals surface area contributed by atoms with Gasteiger partial charge in [-0.1, -0.05) is 24.6 Å². The van der Waals surface area contributed by atoms with E-state index < -0.39 is 21.9 Å². The molecule has 5 nitrogen and oxygen atoms in total. The number of carboxylic acid groups (broad SMARTS) is 1. The highest BCUT2D eigenvalue weighted by Crippen LogP contribution is 2.28. The lowest BCUT2D eigenvalue weighted by molar-refractivity contribution is -0.143. The van der Waals surface area contributed by atoms with Crippen LogP contribution in [-0.2, 0) is 14.8 Å². The molecule has 1 N–H and O–H groups in total. The predicted molar refractivity (Wildman–Crippen MR) is 75.1 cm³/mol.